The number of carbonyl (C=O) groups excluding carboxylic acids is 1. The molecule has 0 aliphatic rings. The molecule has 0 fully saturated rings. The zero-order valence-corrected chi connectivity index (χ0v) is 16.9. The third-order valence-corrected chi connectivity index (χ3v) is 5.13. The fourth-order valence-electron chi connectivity index (χ4n) is 2.47. The molecule has 0 saturated heterocycles. The lowest BCUT2D eigenvalue weighted by molar-refractivity contribution is -0.118. The first-order chi connectivity index (χ1) is 12.7. The number of carbonyl (C=O) groups is 1. The van der Waals surface area contributed by atoms with Crippen LogP contribution in [0.1, 0.15) is 25.0 Å². The third-order valence-electron chi connectivity index (χ3n) is 3.69. The van der Waals surface area contributed by atoms with Gasteiger partial charge >= 0.3 is 0 Å². The molecule has 0 aromatic heterocycles. The molecule has 0 atom stereocenters. The lowest BCUT2D eigenvalue weighted by atomic mass is 10.1. The van der Waals surface area contributed by atoms with Crippen LogP contribution in [0, 0.1) is 19.8 Å². The van der Waals surface area contributed by atoms with Crippen LogP contribution < -0.4 is 14.8 Å². The summed E-state index contributed by atoms with van der Waals surface area (Å²) < 4.78 is 32.3. The molecular formula is C20H26N2O4S. The highest BCUT2D eigenvalue weighted by Gasteiger charge is 2.14. The molecule has 0 bridgehead atoms. The summed E-state index contributed by atoms with van der Waals surface area (Å²) in [4.78, 5) is 12.2. The molecule has 0 saturated carbocycles. The van der Waals surface area contributed by atoms with E-state index in [9.17, 15) is 13.2 Å². The standard InChI is InChI=1S/C20H26N2O4S/c1-14(2)12-21-27(24,25)19-7-5-18(6-8-19)26-13-20(23)22-17-10-15(3)9-16(4)11-17/h5-11,14,21H,12-13H2,1-4H3,(H,22,23). The summed E-state index contributed by atoms with van der Waals surface area (Å²) in [5.74, 6) is 0.363. The first-order valence-electron chi connectivity index (χ1n) is 8.76. The Morgan fingerprint density at radius 3 is 2.19 bits per heavy atom. The van der Waals surface area contributed by atoms with Gasteiger partial charge in [-0.3, -0.25) is 4.79 Å². The molecule has 0 aliphatic carbocycles. The van der Waals surface area contributed by atoms with E-state index >= 15 is 0 Å². The number of hydrogen-bond donors (Lipinski definition) is 2. The summed E-state index contributed by atoms with van der Waals surface area (Å²) in [5, 5.41) is 2.79. The van der Waals surface area contributed by atoms with Crippen molar-refractivity contribution < 1.29 is 17.9 Å². The average Bonchev–Trinajstić information content (AvgIpc) is 2.58. The van der Waals surface area contributed by atoms with Gasteiger partial charge in [-0.15, -0.1) is 0 Å². The van der Waals surface area contributed by atoms with Gasteiger partial charge < -0.3 is 10.1 Å². The van der Waals surface area contributed by atoms with E-state index in [-0.39, 0.29) is 23.3 Å². The summed E-state index contributed by atoms with van der Waals surface area (Å²) >= 11 is 0. The van der Waals surface area contributed by atoms with Crippen molar-refractivity contribution in [3.8, 4) is 5.75 Å². The zero-order valence-electron chi connectivity index (χ0n) is 16.1. The van der Waals surface area contributed by atoms with E-state index in [1.54, 1.807) is 0 Å². The molecule has 0 spiro atoms. The normalized spacial score (nSPS) is 11.4. The monoisotopic (exact) mass is 390 g/mol. The van der Waals surface area contributed by atoms with Crippen LogP contribution >= 0.6 is 0 Å². The van der Waals surface area contributed by atoms with Crippen molar-refractivity contribution in [3.05, 3.63) is 53.6 Å². The van der Waals surface area contributed by atoms with Crippen molar-refractivity contribution >= 4 is 21.6 Å². The molecule has 0 unspecified atom stereocenters. The van der Waals surface area contributed by atoms with Crippen molar-refractivity contribution in [2.45, 2.75) is 32.6 Å². The van der Waals surface area contributed by atoms with Crippen molar-refractivity contribution in [3.63, 3.8) is 0 Å². The van der Waals surface area contributed by atoms with Crippen LogP contribution in [0.2, 0.25) is 0 Å². The highest BCUT2D eigenvalue weighted by molar-refractivity contribution is 7.89. The van der Waals surface area contributed by atoms with Crippen molar-refractivity contribution in [2.24, 2.45) is 5.92 Å². The number of nitrogens with one attached hydrogen (secondary N) is 2. The third kappa shape index (κ3) is 6.69. The summed E-state index contributed by atoms with van der Waals surface area (Å²) in [6.07, 6.45) is 0. The van der Waals surface area contributed by atoms with E-state index in [0.717, 1.165) is 16.8 Å². The van der Waals surface area contributed by atoms with Crippen LogP contribution in [0.15, 0.2) is 47.4 Å². The Balaban J connectivity index is 1.91. The molecular weight excluding hydrogens is 364 g/mol. The van der Waals surface area contributed by atoms with Crippen LogP contribution in [0.3, 0.4) is 0 Å². The van der Waals surface area contributed by atoms with Gasteiger partial charge in [-0.2, -0.15) is 0 Å². The fourth-order valence-corrected chi connectivity index (χ4v) is 3.68. The van der Waals surface area contributed by atoms with Gasteiger partial charge in [0.2, 0.25) is 10.0 Å². The molecule has 0 aliphatic heterocycles. The maximum Gasteiger partial charge on any atom is 0.262 e. The van der Waals surface area contributed by atoms with Gasteiger partial charge in [-0.05, 0) is 67.3 Å². The Labute approximate surface area is 161 Å². The van der Waals surface area contributed by atoms with Gasteiger partial charge in [0.05, 0.1) is 4.90 Å². The first kappa shape index (κ1) is 20.9. The van der Waals surface area contributed by atoms with Crippen LogP contribution in [-0.2, 0) is 14.8 Å². The van der Waals surface area contributed by atoms with Crippen LogP contribution in [0.4, 0.5) is 5.69 Å². The number of anilines is 1. The minimum Gasteiger partial charge on any atom is -0.484 e. The second kappa shape index (κ2) is 9.01. The second-order valence-electron chi connectivity index (χ2n) is 6.93. The number of hydrogen-bond acceptors (Lipinski definition) is 4. The van der Waals surface area contributed by atoms with Gasteiger partial charge in [0.25, 0.3) is 5.91 Å². The van der Waals surface area contributed by atoms with E-state index in [2.05, 4.69) is 10.0 Å². The molecule has 27 heavy (non-hydrogen) atoms. The lowest BCUT2D eigenvalue weighted by Gasteiger charge is -2.11. The summed E-state index contributed by atoms with van der Waals surface area (Å²) in [6.45, 7) is 8.00. The number of ether oxygens (including phenoxy) is 1. The maximum absolute atomic E-state index is 12.2. The maximum atomic E-state index is 12.2. The number of rotatable bonds is 8. The van der Waals surface area contributed by atoms with Gasteiger partial charge in [0.1, 0.15) is 5.75 Å². The SMILES string of the molecule is Cc1cc(C)cc(NC(=O)COc2ccc(S(=O)(=O)NCC(C)C)cc2)c1. The van der Waals surface area contributed by atoms with Crippen molar-refractivity contribution in [2.75, 3.05) is 18.5 Å². The lowest BCUT2D eigenvalue weighted by Crippen LogP contribution is -2.27. The highest BCUT2D eigenvalue weighted by atomic mass is 32.2. The minimum atomic E-state index is -3.54. The fraction of sp³-hybridized carbons (Fsp3) is 0.350. The molecule has 6 nitrogen and oxygen atoms in total. The number of amides is 1. The van der Waals surface area contributed by atoms with Gasteiger partial charge in [-0.1, -0.05) is 19.9 Å². The van der Waals surface area contributed by atoms with E-state index in [1.807, 2.05) is 45.9 Å². The zero-order chi connectivity index (χ0) is 20.0. The molecule has 146 valence electrons. The summed E-state index contributed by atoms with van der Waals surface area (Å²) in [7, 11) is -3.54. The number of benzene rings is 2. The van der Waals surface area contributed by atoms with Crippen LogP contribution in [-0.4, -0.2) is 27.5 Å². The van der Waals surface area contributed by atoms with E-state index in [4.69, 9.17) is 4.74 Å². The molecule has 2 aromatic carbocycles. The Morgan fingerprint density at radius 2 is 1.63 bits per heavy atom. The first-order valence-corrected chi connectivity index (χ1v) is 10.2. The van der Waals surface area contributed by atoms with Crippen molar-refractivity contribution in [1.29, 1.82) is 0 Å². The minimum absolute atomic E-state index is 0.162. The molecule has 0 heterocycles. The van der Waals surface area contributed by atoms with E-state index in [0.29, 0.717) is 12.3 Å². The quantitative estimate of drug-likeness (QED) is 0.725. The molecule has 2 N–H and O–H groups in total. The predicted molar refractivity (Wildman–Crippen MR) is 107 cm³/mol. The predicted octanol–water partition coefficient (Wildman–Crippen LogP) is 3.26. The number of sulfonamides is 1. The van der Waals surface area contributed by atoms with Gasteiger partial charge in [0.15, 0.2) is 6.61 Å². The topological polar surface area (TPSA) is 84.5 Å². The Morgan fingerprint density at radius 1 is 1.04 bits per heavy atom. The average molecular weight is 391 g/mol. The number of aryl methyl sites for hydroxylation is 2. The van der Waals surface area contributed by atoms with Crippen LogP contribution in [0.5, 0.6) is 5.75 Å². The second-order valence-corrected chi connectivity index (χ2v) is 8.70. The Hall–Kier alpha value is -2.38. The van der Waals surface area contributed by atoms with Crippen LogP contribution in [0.25, 0.3) is 0 Å². The molecule has 2 aromatic rings. The Kier molecular flexibility index (Phi) is 6.98. The molecule has 1 amide bonds. The molecule has 0 radical (unpaired) electrons. The summed E-state index contributed by atoms with van der Waals surface area (Å²) in [6, 6.07) is 11.8. The highest BCUT2D eigenvalue weighted by Crippen LogP contribution is 2.17. The van der Waals surface area contributed by atoms with Gasteiger partial charge in [-0.25, -0.2) is 13.1 Å². The Bertz CT molecular complexity index is 870. The van der Waals surface area contributed by atoms with Crippen molar-refractivity contribution in [1.82, 2.24) is 4.72 Å². The smallest absolute Gasteiger partial charge is 0.262 e. The van der Waals surface area contributed by atoms with E-state index < -0.39 is 10.0 Å². The molecule has 2 rings (SSSR count). The summed E-state index contributed by atoms with van der Waals surface area (Å²) in [5.41, 5.74) is 2.85. The largest absolute Gasteiger partial charge is 0.484 e. The molecule has 7 heteroatoms. The van der Waals surface area contributed by atoms with E-state index in [1.165, 1.54) is 24.3 Å². The van der Waals surface area contributed by atoms with Gasteiger partial charge in [0, 0.05) is 12.2 Å².